The van der Waals surface area contributed by atoms with Crippen molar-refractivity contribution in [2.45, 2.75) is 30.8 Å². The van der Waals surface area contributed by atoms with Crippen molar-refractivity contribution in [1.82, 2.24) is 9.80 Å². The number of rotatable bonds is 5. The molecule has 0 saturated heterocycles. The molecule has 1 heterocycles. The van der Waals surface area contributed by atoms with E-state index in [1.165, 1.54) is 11.8 Å². The van der Waals surface area contributed by atoms with Gasteiger partial charge in [-0.1, -0.05) is 36.4 Å². The Balaban J connectivity index is 1.74. The van der Waals surface area contributed by atoms with Crippen LogP contribution in [0.1, 0.15) is 36.1 Å². The minimum Gasteiger partial charge on any atom is -0.341 e. The summed E-state index contributed by atoms with van der Waals surface area (Å²) >= 11 is 1.70. The summed E-state index contributed by atoms with van der Waals surface area (Å²) in [5.74, 6) is -0.0424. The van der Waals surface area contributed by atoms with E-state index in [4.69, 9.17) is 0 Å². The molecule has 27 heavy (non-hydrogen) atoms. The Bertz CT molecular complexity index is 861. The fourth-order valence-corrected chi connectivity index (χ4v) is 3.74. The van der Waals surface area contributed by atoms with Crippen LogP contribution in [0, 0.1) is 0 Å². The topological polar surface area (TPSA) is 40.6 Å². The number of thioether (sulfide) groups is 1. The minimum absolute atomic E-state index is 0.0188. The normalized spacial score (nSPS) is 15.4. The summed E-state index contributed by atoms with van der Waals surface area (Å²) in [5, 5.41) is 0. The fourth-order valence-electron chi connectivity index (χ4n) is 3.33. The second-order valence-corrected chi connectivity index (χ2v) is 7.57. The standard InChI is InChI=1S/C22H24N2O2S/c1-16(25)24-13-12-18-6-4-5-7-20(18)21(24)14-22(26)23(2)15-17-8-10-19(27-3)11-9-17/h4-13,21H,14-15H2,1-3H3/t21-/m0/s1. The lowest BCUT2D eigenvalue weighted by Crippen LogP contribution is -2.35. The van der Waals surface area contributed by atoms with Crippen molar-refractivity contribution in [1.29, 1.82) is 0 Å². The van der Waals surface area contributed by atoms with Gasteiger partial charge in [-0.3, -0.25) is 9.59 Å². The summed E-state index contributed by atoms with van der Waals surface area (Å²) in [6, 6.07) is 15.9. The predicted molar refractivity (Wildman–Crippen MR) is 110 cm³/mol. The molecule has 0 aromatic heterocycles. The number of hydrogen-bond acceptors (Lipinski definition) is 3. The molecule has 0 saturated carbocycles. The molecule has 0 radical (unpaired) electrons. The zero-order valence-electron chi connectivity index (χ0n) is 15.9. The van der Waals surface area contributed by atoms with Gasteiger partial charge in [-0.2, -0.15) is 0 Å². The lowest BCUT2D eigenvalue weighted by molar-refractivity contribution is -0.134. The van der Waals surface area contributed by atoms with Gasteiger partial charge in [-0.05, 0) is 41.2 Å². The van der Waals surface area contributed by atoms with Crippen LogP contribution >= 0.6 is 11.8 Å². The highest BCUT2D eigenvalue weighted by Crippen LogP contribution is 2.33. The van der Waals surface area contributed by atoms with E-state index in [0.717, 1.165) is 16.7 Å². The van der Waals surface area contributed by atoms with Crippen molar-refractivity contribution >= 4 is 29.7 Å². The van der Waals surface area contributed by atoms with Gasteiger partial charge >= 0.3 is 0 Å². The van der Waals surface area contributed by atoms with Crippen molar-refractivity contribution in [3.05, 3.63) is 71.4 Å². The first-order valence-electron chi connectivity index (χ1n) is 8.92. The second kappa shape index (κ2) is 8.44. The number of carbonyl (C=O) groups excluding carboxylic acids is 2. The summed E-state index contributed by atoms with van der Waals surface area (Å²) in [4.78, 5) is 29.5. The lowest BCUT2D eigenvalue weighted by Gasteiger charge is -2.33. The highest BCUT2D eigenvalue weighted by atomic mass is 32.2. The first-order chi connectivity index (χ1) is 13.0. The van der Waals surface area contributed by atoms with E-state index in [1.807, 2.05) is 43.6 Å². The smallest absolute Gasteiger partial charge is 0.225 e. The third kappa shape index (κ3) is 4.42. The van der Waals surface area contributed by atoms with E-state index in [1.54, 1.807) is 27.8 Å². The van der Waals surface area contributed by atoms with Crippen LogP contribution in [-0.4, -0.2) is 34.9 Å². The monoisotopic (exact) mass is 380 g/mol. The quantitative estimate of drug-likeness (QED) is 0.725. The van der Waals surface area contributed by atoms with Gasteiger partial charge < -0.3 is 9.80 Å². The highest BCUT2D eigenvalue weighted by Gasteiger charge is 2.29. The van der Waals surface area contributed by atoms with Gasteiger partial charge in [0.15, 0.2) is 0 Å². The molecule has 3 rings (SSSR count). The molecule has 0 bridgehead atoms. The molecule has 4 nitrogen and oxygen atoms in total. The maximum Gasteiger partial charge on any atom is 0.225 e. The maximum atomic E-state index is 12.9. The third-order valence-electron chi connectivity index (χ3n) is 4.84. The Hall–Kier alpha value is -2.53. The van der Waals surface area contributed by atoms with Crippen LogP contribution in [0.25, 0.3) is 6.08 Å². The molecule has 0 N–H and O–H groups in total. The molecular formula is C22H24N2O2S. The summed E-state index contributed by atoms with van der Waals surface area (Å²) < 4.78 is 0. The average Bonchev–Trinajstić information content (AvgIpc) is 2.68. The van der Waals surface area contributed by atoms with E-state index < -0.39 is 0 Å². The number of fused-ring (bicyclic) bond motifs is 1. The van der Waals surface area contributed by atoms with Crippen molar-refractivity contribution in [2.24, 2.45) is 0 Å². The largest absolute Gasteiger partial charge is 0.341 e. The molecular weight excluding hydrogens is 356 g/mol. The van der Waals surface area contributed by atoms with Gasteiger partial charge in [-0.25, -0.2) is 0 Å². The van der Waals surface area contributed by atoms with Gasteiger partial charge in [0.1, 0.15) is 0 Å². The van der Waals surface area contributed by atoms with Gasteiger partial charge in [-0.15, -0.1) is 11.8 Å². The van der Waals surface area contributed by atoms with Crippen LogP contribution in [0.15, 0.2) is 59.6 Å². The van der Waals surface area contributed by atoms with Crippen LogP contribution in [0.4, 0.5) is 0 Å². The van der Waals surface area contributed by atoms with E-state index in [9.17, 15) is 9.59 Å². The van der Waals surface area contributed by atoms with Gasteiger partial charge in [0.05, 0.1) is 12.5 Å². The van der Waals surface area contributed by atoms with Crippen LogP contribution in [0.2, 0.25) is 0 Å². The van der Waals surface area contributed by atoms with Gasteiger partial charge in [0, 0.05) is 31.6 Å². The summed E-state index contributed by atoms with van der Waals surface area (Å²) in [5.41, 5.74) is 3.17. The van der Waals surface area contributed by atoms with Crippen LogP contribution in [0.5, 0.6) is 0 Å². The highest BCUT2D eigenvalue weighted by molar-refractivity contribution is 7.98. The van der Waals surface area contributed by atoms with Crippen molar-refractivity contribution in [3.63, 3.8) is 0 Å². The molecule has 1 aliphatic heterocycles. The summed E-state index contributed by atoms with van der Waals surface area (Å²) in [6.45, 7) is 2.09. The molecule has 0 spiro atoms. The van der Waals surface area contributed by atoms with E-state index in [0.29, 0.717) is 6.54 Å². The molecule has 140 valence electrons. The molecule has 1 atom stereocenters. The Morgan fingerprint density at radius 1 is 1.11 bits per heavy atom. The third-order valence-corrected chi connectivity index (χ3v) is 5.59. The van der Waals surface area contributed by atoms with Crippen LogP contribution in [0.3, 0.4) is 0 Å². The van der Waals surface area contributed by atoms with Crippen LogP contribution < -0.4 is 0 Å². The molecule has 0 aliphatic carbocycles. The van der Waals surface area contributed by atoms with E-state index in [2.05, 4.69) is 24.3 Å². The molecule has 1 aliphatic rings. The van der Waals surface area contributed by atoms with Gasteiger partial charge in [0.2, 0.25) is 11.8 Å². The molecule has 2 aromatic rings. The fraction of sp³-hybridized carbons (Fsp3) is 0.273. The average molecular weight is 381 g/mol. The lowest BCUT2D eigenvalue weighted by atomic mass is 9.93. The number of carbonyl (C=O) groups is 2. The Morgan fingerprint density at radius 2 is 1.81 bits per heavy atom. The molecule has 2 amide bonds. The minimum atomic E-state index is -0.266. The zero-order valence-corrected chi connectivity index (χ0v) is 16.7. The zero-order chi connectivity index (χ0) is 19.4. The number of benzene rings is 2. The van der Waals surface area contributed by atoms with E-state index in [-0.39, 0.29) is 24.3 Å². The van der Waals surface area contributed by atoms with Crippen LogP contribution in [-0.2, 0) is 16.1 Å². The molecule has 2 aromatic carbocycles. The Kier molecular flexibility index (Phi) is 6.01. The number of nitrogens with zero attached hydrogens (tertiary/aromatic N) is 2. The van der Waals surface area contributed by atoms with Crippen molar-refractivity contribution in [2.75, 3.05) is 13.3 Å². The first-order valence-corrected chi connectivity index (χ1v) is 10.1. The Labute approximate surface area is 164 Å². The first kappa shape index (κ1) is 19.2. The van der Waals surface area contributed by atoms with Crippen molar-refractivity contribution < 1.29 is 9.59 Å². The molecule has 0 unspecified atom stereocenters. The predicted octanol–water partition coefficient (Wildman–Crippen LogP) is 4.33. The summed E-state index contributed by atoms with van der Waals surface area (Å²) in [7, 11) is 1.81. The summed E-state index contributed by atoms with van der Waals surface area (Å²) in [6.07, 6.45) is 6.01. The molecule has 0 fully saturated rings. The second-order valence-electron chi connectivity index (χ2n) is 6.69. The van der Waals surface area contributed by atoms with E-state index >= 15 is 0 Å². The maximum absolute atomic E-state index is 12.9. The van der Waals surface area contributed by atoms with Crippen molar-refractivity contribution in [3.8, 4) is 0 Å². The SMILES string of the molecule is CSc1ccc(CN(C)C(=O)C[C@H]2c3ccccc3C=CN2C(C)=O)cc1. The molecule has 5 heteroatoms. The number of hydrogen-bond donors (Lipinski definition) is 0. The van der Waals surface area contributed by atoms with Gasteiger partial charge in [0.25, 0.3) is 0 Å². The number of amides is 2. The Morgan fingerprint density at radius 3 is 2.48 bits per heavy atom.